The Hall–Kier alpha value is -2.77. The molecule has 0 saturated heterocycles. The molecule has 32 heavy (non-hydrogen) atoms. The molecule has 4 aromatic rings. The Morgan fingerprint density at radius 2 is 1.59 bits per heavy atom. The van der Waals surface area contributed by atoms with Crippen LogP contribution in [-0.2, 0) is 0 Å². The Morgan fingerprint density at radius 1 is 0.938 bits per heavy atom. The van der Waals surface area contributed by atoms with E-state index in [1.807, 2.05) is 22.9 Å². The Kier molecular flexibility index (Phi) is 4.42. The monoisotopic (exact) mass is 471 g/mol. The van der Waals surface area contributed by atoms with Gasteiger partial charge >= 0.3 is 0 Å². The number of hydrogen-bond donors (Lipinski definition) is 1. The van der Waals surface area contributed by atoms with Crippen LogP contribution in [0.25, 0.3) is 6.08 Å². The number of benzene rings is 2. The van der Waals surface area contributed by atoms with Crippen LogP contribution in [0.5, 0.6) is 0 Å². The molecule has 0 amide bonds. The zero-order valence-electron chi connectivity index (χ0n) is 17.7. The van der Waals surface area contributed by atoms with Crippen molar-refractivity contribution >= 4 is 69.4 Å². The molecule has 0 saturated carbocycles. The summed E-state index contributed by atoms with van der Waals surface area (Å²) in [6, 6.07) is 21.6. The first-order chi connectivity index (χ1) is 15.5. The highest BCUT2D eigenvalue weighted by atomic mass is 32.1. The summed E-state index contributed by atoms with van der Waals surface area (Å²) in [5.74, 6) is -0.0647. The van der Waals surface area contributed by atoms with Gasteiger partial charge in [-0.1, -0.05) is 49.5 Å². The number of aliphatic hydroxyl groups is 1. The lowest BCUT2D eigenvalue weighted by Gasteiger charge is -2.40. The summed E-state index contributed by atoms with van der Waals surface area (Å²) in [7, 11) is -1.80. The summed E-state index contributed by atoms with van der Waals surface area (Å²) in [6.45, 7) is 4.83. The van der Waals surface area contributed by atoms with Crippen LogP contribution in [-0.4, -0.2) is 19.0 Å². The second-order valence-corrected chi connectivity index (χ2v) is 14.9. The van der Waals surface area contributed by atoms with E-state index in [4.69, 9.17) is 0 Å². The molecule has 6 rings (SSSR count). The van der Waals surface area contributed by atoms with Crippen LogP contribution in [0, 0.1) is 0 Å². The molecule has 2 aliphatic rings. The van der Waals surface area contributed by atoms with E-state index >= 15 is 0 Å². The van der Waals surface area contributed by atoms with Gasteiger partial charge in [-0.3, -0.25) is 4.79 Å². The van der Waals surface area contributed by atoms with Gasteiger partial charge in [-0.25, -0.2) is 0 Å². The maximum Gasteiger partial charge on any atom is 0.193 e. The molecule has 0 fully saturated rings. The normalized spacial score (nSPS) is 19.7. The zero-order valence-corrected chi connectivity index (χ0v) is 20.3. The third-order valence-corrected chi connectivity index (χ3v) is 11.9. The summed E-state index contributed by atoms with van der Waals surface area (Å²) < 4.78 is 0. The molecule has 3 heterocycles. The van der Waals surface area contributed by atoms with Crippen molar-refractivity contribution in [3.8, 4) is 0 Å². The maximum absolute atomic E-state index is 12.8. The number of carbonyl (C=O) groups excluding carboxylic acids is 1. The van der Waals surface area contributed by atoms with Crippen molar-refractivity contribution in [1.29, 1.82) is 0 Å². The van der Waals surface area contributed by atoms with Crippen LogP contribution in [0.2, 0.25) is 13.1 Å². The van der Waals surface area contributed by atoms with Crippen LogP contribution < -0.4 is 15.3 Å². The lowest BCUT2D eigenvalue weighted by atomic mass is 10.1. The topological polar surface area (TPSA) is 40.5 Å². The second-order valence-electron chi connectivity index (χ2n) is 8.74. The van der Waals surface area contributed by atoms with Gasteiger partial charge in [0.15, 0.2) is 5.78 Å². The minimum atomic E-state index is -1.80. The fraction of sp³-hybridized carbons (Fsp3) is 0.115. The SMILES string of the molecule is C[Si]1(C)c2ccccc2N(c2ccc(/C=C3\C(=O)c4cscc4C3O)s2)c2ccccc21. The first kappa shape index (κ1) is 19.9. The summed E-state index contributed by atoms with van der Waals surface area (Å²) in [4.78, 5) is 16.1. The molecule has 6 heteroatoms. The quantitative estimate of drug-likeness (QED) is 0.300. The van der Waals surface area contributed by atoms with Gasteiger partial charge in [0.25, 0.3) is 0 Å². The fourth-order valence-corrected chi connectivity index (χ4v) is 9.72. The second kappa shape index (κ2) is 7.12. The van der Waals surface area contributed by atoms with Gasteiger partial charge in [-0.05, 0) is 46.1 Å². The number of carbonyl (C=O) groups is 1. The molecular weight excluding hydrogens is 451 g/mol. The molecule has 158 valence electrons. The molecule has 0 spiro atoms. The van der Waals surface area contributed by atoms with Crippen LogP contribution in [0.15, 0.2) is 77.0 Å². The van der Waals surface area contributed by atoms with Gasteiger partial charge in [-0.2, -0.15) is 11.3 Å². The standard InChI is InChI=1S/C26H21NO2S2Si/c1-32(2)22-9-5-3-7-20(22)27(21-8-4-6-10-23(21)32)24-12-11-16(31-24)13-17-25(28)18-14-30-15-19(18)26(17)29/h3-15,25,28H,1-2H3/b17-13-. The first-order valence-electron chi connectivity index (χ1n) is 10.6. The molecular formula is C26H21NO2S2Si. The van der Waals surface area contributed by atoms with E-state index in [2.05, 4.69) is 72.6 Å². The van der Waals surface area contributed by atoms with Crippen molar-refractivity contribution in [3.63, 3.8) is 0 Å². The molecule has 1 aliphatic carbocycles. The Labute approximate surface area is 195 Å². The maximum atomic E-state index is 12.8. The lowest BCUT2D eigenvalue weighted by Crippen LogP contribution is -2.58. The number of nitrogens with zero attached hydrogens (tertiary/aromatic N) is 1. The van der Waals surface area contributed by atoms with Gasteiger partial charge in [0.05, 0.1) is 0 Å². The minimum Gasteiger partial charge on any atom is -0.383 e. The van der Waals surface area contributed by atoms with Crippen LogP contribution in [0.3, 0.4) is 0 Å². The van der Waals surface area contributed by atoms with Gasteiger partial charge in [0, 0.05) is 38.3 Å². The van der Waals surface area contributed by atoms with Gasteiger partial charge < -0.3 is 10.0 Å². The molecule has 1 unspecified atom stereocenters. The number of ketones is 1. The molecule has 1 atom stereocenters. The third kappa shape index (κ3) is 2.77. The van der Waals surface area contributed by atoms with E-state index in [-0.39, 0.29) is 5.78 Å². The number of aliphatic hydroxyl groups excluding tert-OH is 1. The summed E-state index contributed by atoms with van der Waals surface area (Å²) in [5, 5.41) is 18.3. The number of para-hydroxylation sites is 2. The predicted octanol–water partition coefficient (Wildman–Crippen LogP) is 5.73. The molecule has 0 radical (unpaired) electrons. The van der Waals surface area contributed by atoms with Crippen LogP contribution in [0.1, 0.15) is 26.9 Å². The van der Waals surface area contributed by atoms with Crippen LogP contribution >= 0.6 is 22.7 Å². The highest BCUT2D eigenvalue weighted by molar-refractivity contribution is 7.17. The third-order valence-electron chi connectivity index (χ3n) is 6.56. The number of thiophene rings is 2. The molecule has 2 aromatic heterocycles. The average molecular weight is 472 g/mol. The number of anilines is 3. The van der Waals surface area contributed by atoms with Crippen LogP contribution in [0.4, 0.5) is 16.4 Å². The summed E-state index contributed by atoms with van der Waals surface area (Å²) in [6.07, 6.45) is 1.02. The van der Waals surface area contributed by atoms with E-state index in [9.17, 15) is 9.90 Å². The average Bonchev–Trinajstić information content (AvgIpc) is 3.51. The molecule has 0 bridgehead atoms. The highest BCUT2D eigenvalue weighted by Gasteiger charge is 2.38. The van der Waals surface area contributed by atoms with Crippen molar-refractivity contribution < 1.29 is 9.90 Å². The van der Waals surface area contributed by atoms with Gasteiger partial charge in [-0.15, -0.1) is 11.3 Å². The Bertz CT molecular complexity index is 1360. The Balaban J connectivity index is 1.45. The van der Waals surface area contributed by atoms with Crippen molar-refractivity contribution in [1.82, 2.24) is 0 Å². The largest absolute Gasteiger partial charge is 0.383 e. The number of Topliss-reactive ketones (excluding diaryl/α,β-unsaturated/α-hetero) is 1. The lowest BCUT2D eigenvalue weighted by molar-refractivity contribution is 0.102. The molecule has 2 aromatic carbocycles. The van der Waals surface area contributed by atoms with Crippen molar-refractivity contribution in [3.05, 3.63) is 93.0 Å². The van der Waals surface area contributed by atoms with E-state index in [0.717, 1.165) is 15.4 Å². The number of rotatable bonds is 2. The van der Waals surface area contributed by atoms with E-state index < -0.39 is 14.2 Å². The minimum absolute atomic E-state index is 0.0647. The van der Waals surface area contributed by atoms with E-state index in [1.165, 1.54) is 33.1 Å². The fourth-order valence-electron chi connectivity index (χ4n) is 4.89. The number of hydrogen-bond acceptors (Lipinski definition) is 5. The molecule has 1 aliphatic heterocycles. The van der Waals surface area contributed by atoms with Crippen molar-refractivity contribution in [2.45, 2.75) is 19.2 Å². The Morgan fingerprint density at radius 3 is 2.25 bits per heavy atom. The smallest absolute Gasteiger partial charge is 0.193 e. The van der Waals surface area contributed by atoms with Gasteiger partial charge in [0.2, 0.25) is 0 Å². The molecule has 1 N–H and O–H groups in total. The van der Waals surface area contributed by atoms with E-state index in [1.54, 1.807) is 11.3 Å². The molecule has 3 nitrogen and oxygen atoms in total. The zero-order chi connectivity index (χ0) is 22.0. The van der Waals surface area contributed by atoms with Crippen molar-refractivity contribution in [2.24, 2.45) is 0 Å². The van der Waals surface area contributed by atoms with Crippen molar-refractivity contribution in [2.75, 3.05) is 4.90 Å². The first-order valence-corrected chi connectivity index (χ1v) is 15.3. The highest BCUT2D eigenvalue weighted by Crippen LogP contribution is 2.43. The predicted molar refractivity (Wildman–Crippen MR) is 137 cm³/mol. The van der Waals surface area contributed by atoms with E-state index in [0.29, 0.717) is 11.1 Å². The summed E-state index contributed by atoms with van der Waals surface area (Å²) in [5.41, 5.74) is 4.31. The summed E-state index contributed by atoms with van der Waals surface area (Å²) >= 11 is 3.10. The number of fused-ring (bicyclic) bond motifs is 3. The van der Waals surface area contributed by atoms with Gasteiger partial charge in [0.1, 0.15) is 19.2 Å².